The topological polar surface area (TPSA) is 133 Å². The minimum absolute atomic E-state index is 0.0766. The van der Waals surface area contributed by atoms with Crippen LogP contribution in [0.2, 0.25) is 0 Å². The fraction of sp³-hybridized carbons (Fsp3) is 0.308. The molecule has 0 saturated heterocycles. The number of rotatable bonds is 16. The van der Waals surface area contributed by atoms with Crippen molar-refractivity contribution in [3.63, 3.8) is 0 Å². The number of hydrogen-bond donors (Lipinski definition) is 4. The van der Waals surface area contributed by atoms with Crippen LogP contribution in [-0.2, 0) is 29.0 Å². The molecule has 0 aromatic heterocycles. The van der Waals surface area contributed by atoms with Gasteiger partial charge in [-0.3, -0.25) is 9.59 Å². The lowest BCUT2D eigenvalue weighted by atomic mass is 10.0. The maximum absolute atomic E-state index is 13.5. The van der Waals surface area contributed by atoms with Crippen molar-refractivity contribution in [3.05, 3.63) is 125 Å². The Kier molecular flexibility index (Phi) is 16.0. The SMILES string of the molecule is NCCCCCNC(=O)c1cccc(-c2cccc(CN(CCc3ccc(O)cc3)C(=O)CCCc3ccccc3)c2)c1.O=C(O)C(F)(F)F. The third-order valence-corrected chi connectivity index (χ3v) is 7.83. The molecule has 0 saturated carbocycles. The quantitative estimate of drug-likeness (QED) is 0.0924. The van der Waals surface area contributed by atoms with Gasteiger partial charge in [-0.25, -0.2) is 4.79 Å². The number of phenols is 1. The summed E-state index contributed by atoms with van der Waals surface area (Å²) in [7, 11) is 0. The number of halogens is 3. The summed E-state index contributed by atoms with van der Waals surface area (Å²) in [6.45, 7) is 2.39. The molecule has 0 bridgehead atoms. The first-order valence-electron chi connectivity index (χ1n) is 16.5. The van der Waals surface area contributed by atoms with Crippen LogP contribution in [0, 0.1) is 0 Å². The van der Waals surface area contributed by atoms with Crippen molar-refractivity contribution in [3.8, 4) is 16.9 Å². The summed E-state index contributed by atoms with van der Waals surface area (Å²) in [5, 5.41) is 19.8. The fourth-order valence-electron chi connectivity index (χ4n) is 5.12. The number of alkyl halides is 3. The predicted molar refractivity (Wildman–Crippen MR) is 187 cm³/mol. The van der Waals surface area contributed by atoms with Gasteiger partial charge in [-0.1, -0.05) is 79.2 Å². The highest BCUT2D eigenvalue weighted by molar-refractivity contribution is 5.95. The Morgan fingerprint density at radius 3 is 2.00 bits per heavy atom. The van der Waals surface area contributed by atoms with E-state index in [1.54, 1.807) is 12.1 Å². The molecular weight excluding hydrogens is 647 g/mol. The van der Waals surface area contributed by atoms with Crippen molar-refractivity contribution >= 4 is 17.8 Å². The zero-order valence-corrected chi connectivity index (χ0v) is 27.9. The van der Waals surface area contributed by atoms with Crippen molar-refractivity contribution in [2.75, 3.05) is 19.6 Å². The fourth-order valence-corrected chi connectivity index (χ4v) is 5.12. The van der Waals surface area contributed by atoms with Crippen molar-refractivity contribution < 1.29 is 37.8 Å². The summed E-state index contributed by atoms with van der Waals surface area (Å²) in [4.78, 5) is 37.0. The zero-order valence-electron chi connectivity index (χ0n) is 27.9. The molecule has 50 heavy (non-hydrogen) atoms. The number of carbonyl (C=O) groups is 3. The first-order valence-corrected chi connectivity index (χ1v) is 16.5. The third kappa shape index (κ3) is 14.1. The second-order valence-corrected chi connectivity index (χ2v) is 11.8. The van der Waals surface area contributed by atoms with Gasteiger partial charge in [-0.05, 0) is 96.8 Å². The molecule has 4 aromatic carbocycles. The lowest BCUT2D eigenvalue weighted by Crippen LogP contribution is -2.32. The number of amides is 2. The van der Waals surface area contributed by atoms with Crippen LogP contribution in [-0.4, -0.2) is 58.7 Å². The number of benzene rings is 4. The molecule has 0 heterocycles. The molecule has 2 amide bonds. The van der Waals surface area contributed by atoms with Crippen molar-refractivity contribution in [1.82, 2.24) is 10.2 Å². The number of aryl methyl sites for hydroxylation is 1. The molecule has 0 unspecified atom stereocenters. The smallest absolute Gasteiger partial charge is 0.490 e. The Balaban J connectivity index is 0.000000872. The molecule has 0 aliphatic rings. The van der Waals surface area contributed by atoms with Gasteiger partial charge in [0, 0.05) is 31.6 Å². The van der Waals surface area contributed by atoms with E-state index in [0.29, 0.717) is 44.6 Å². The van der Waals surface area contributed by atoms with Crippen LogP contribution >= 0.6 is 0 Å². The van der Waals surface area contributed by atoms with Crippen LogP contribution in [0.1, 0.15) is 59.2 Å². The standard InChI is InChI=1S/C37H43N3O3.C2HF3O2/c38-23-5-2-6-24-39-37(43)34-16-9-15-33(27-34)32-14-7-13-31(26-32)28-40(25-22-30-18-20-35(41)21-19-30)36(42)17-8-12-29-10-3-1-4-11-29;3-2(4,5)1(6)7/h1,3-4,7,9-11,13-16,18-21,26-27,41H,2,5-6,8,12,17,22-25,28,38H2,(H,39,43);(H,6,7). The Hall–Kier alpha value is -5.16. The normalized spacial score (nSPS) is 10.9. The van der Waals surface area contributed by atoms with Crippen molar-refractivity contribution in [1.29, 1.82) is 0 Å². The van der Waals surface area contributed by atoms with Crippen LogP contribution in [0.15, 0.2) is 103 Å². The van der Waals surface area contributed by atoms with Gasteiger partial charge in [0.25, 0.3) is 5.91 Å². The predicted octanol–water partition coefficient (Wildman–Crippen LogP) is 7.15. The Morgan fingerprint density at radius 1 is 0.720 bits per heavy atom. The highest BCUT2D eigenvalue weighted by Gasteiger charge is 2.38. The molecular formula is C39H44F3N3O5. The van der Waals surface area contributed by atoms with E-state index >= 15 is 0 Å². The molecule has 11 heteroatoms. The molecule has 0 spiro atoms. The molecule has 0 aliphatic heterocycles. The zero-order chi connectivity index (χ0) is 36.4. The molecule has 4 rings (SSSR count). The molecule has 0 aliphatic carbocycles. The molecule has 266 valence electrons. The molecule has 0 fully saturated rings. The van der Waals surface area contributed by atoms with Crippen LogP contribution in [0.5, 0.6) is 5.75 Å². The van der Waals surface area contributed by atoms with Gasteiger partial charge >= 0.3 is 12.1 Å². The van der Waals surface area contributed by atoms with Gasteiger partial charge in [0.15, 0.2) is 0 Å². The molecule has 4 aromatic rings. The number of nitrogens with two attached hydrogens (primary N) is 1. The van der Waals surface area contributed by atoms with Gasteiger partial charge in [0.2, 0.25) is 5.91 Å². The summed E-state index contributed by atoms with van der Waals surface area (Å²) >= 11 is 0. The van der Waals surface area contributed by atoms with Crippen LogP contribution in [0.3, 0.4) is 0 Å². The average Bonchev–Trinajstić information content (AvgIpc) is 3.11. The number of nitrogens with zero attached hydrogens (tertiary/aromatic N) is 1. The molecule has 0 radical (unpaired) electrons. The monoisotopic (exact) mass is 691 g/mol. The van der Waals surface area contributed by atoms with Gasteiger partial charge < -0.3 is 26.2 Å². The van der Waals surface area contributed by atoms with Gasteiger partial charge in [-0.15, -0.1) is 0 Å². The number of carboxylic acids is 1. The lowest BCUT2D eigenvalue weighted by molar-refractivity contribution is -0.192. The van der Waals surface area contributed by atoms with Crippen LogP contribution in [0.4, 0.5) is 13.2 Å². The molecule has 0 atom stereocenters. The largest absolute Gasteiger partial charge is 0.508 e. The van der Waals surface area contributed by atoms with E-state index in [-0.39, 0.29) is 17.6 Å². The van der Waals surface area contributed by atoms with E-state index in [1.165, 1.54) is 5.56 Å². The summed E-state index contributed by atoms with van der Waals surface area (Å²) in [6, 6.07) is 33.3. The van der Waals surface area contributed by atoms with E-state index in [2.05, 4.69) is 23.5 Å². The van der Waals surface area contributed by atoms with E-state index in [9.17, 15) is 27.9 Å². The van der Waals surface area contributed by atoms with E-state index < -0.39 is 12.1 Å². The highest BCUT2D eigenvalue weighted by atomic mass is 19.4. The molecule has 5 N–H and O–H groups in total. The van der Waals surface area contributed by atoms with E-state index in [0.717, 1.165) is 54.4 Å². The number of unbranched alkanes of at least 4 members (excludes halogenated alkanes) is 2. The number of hydrogen-bond acceptors (Lipinski definition) is 5. The summed E-state index contributed by atoms with van der Waals surface area (Å²) < 4.78 is 31.7. The Labute approximate surface area is 290 Å². The molecule has 8 nitrogen and oxygen atoms in total. The Morgan fingerprint density at radius 2 is 1.34 bits per heavy atom. The van der Waals surface area contributed by atoms with Gasteiger partial charge in [0.05, 0.1) is 0 Å². The number of phenolic OH excluding ortho intramolecular Hbond substituents is 1. The summed E-state index contributed by atoms with van der Waals surface area (Å²) in [5.41, 5.74) is 11.5. The van der Waals surface area contributed by atoms with E-state index in [1.807, 2.05) is 77.7 Å². The second kappa shape index (κ2) is 20.4. The number of nitrogens with one attached hydrogen (secondary N) is 1. The maximum atomic E-state index is 13.5. The Bertz CT molecular complexity index is 1650. The average molecular weight is 692 g/mol. The van der Waals surface area contributed by atoms with Crippen LogP contribution < -0.4 is 11.1 Å². The third-order valence-electron chi connectivity index (χ3n) is 7.83. The van der Waals surface area contributed by atoms with Crippen LogP contribution in [0.25, 0.3) is 11.1 Å². The summed E-state index contributed by atoms with van der Waals surface area (Å²) in [5.74, 6) is -2.47. The van der Waals surface area contributed by atoms with Crippen molar-refractivity contribution in [2.24, 2.45) is 5.73 Å². The summed E-state index contributed by atoms with van der Waals surface area (Å²) in [6.07, 6.45) is 0.645. The van der Waals surface area contributed by atoms with Crippen molar-refractivity contribution in [2.45, 2.75) is 57.7 Å². The number of carbonyl (C=O) groups excluding carboxylic acids is 2. The van der Waals surface area contributed by atoms with E-state index in [4.69, 9.17) is 15.6 Å². The highest BCUT2D eigenvalue weighted by Crippen LogP contribution is 2.23. The lowest BCUT2D eigenvalue weighted by Gasteiger charge is -2.23. The number of aliphatic carboxylic acids is 1. The minimum Gasteiger partial charge on any atom is -0.508 e. The maximum Gasteiger partial charge on any atom is 0.490 e. The van der Waals surface area contributed by atoms with Gasteiger partial charge in [-0.2, -0.15) is 13.2 Å². The number of aromatic hydroxyl groups is 1. The minimum atomic E-state index is -5.08. The number of carboxylic acid groups (broad SMARTS) is 1. The first-order chi connectivity index (χ1) is 24.0. The second-order valence-electron chi connectivity index (χ2n) is 11.8. The van der Waals surface area contributed by atoms with Gasteiger partial charge in [0.1, 0.15) is 5.75 Å². The first kappa shape index (κ1) is 39.3.